The van der Waals surface area contributed by atoms with Gasteiger partial charge in [-0.3, -0.25) is 4.79 Å². The van der Waals surface area contributed by atoms with Gasteiger partial charge in [-0.15, -0.1) is 0 Å². The zero-order chi connectivity index (χ0) is 14.3. The molecule has 3 rings (SSSR count). The van der Waals surface area contributed by atoms with Gasteiger partial charge < -0.3 is 0 Å². The maximum atomic E-state index is 12.5. The molecule has 1 nitrogen and oxygen atoms in total. The van der Waals surface area contributed by atoms with Gasteiger partial charge in [-0.25, -0.2) is 0 Å². The summed E-state index contributed by atoms with van der Waals surface area (Å²) in [5.41, 5.74) is 3.76. The Labute approximate surface area is 128 Å². The van der Waals surface area contributed by atoms with Gasteiger partial charge in [0.15, 0.2) is 5.78 Å². The Morgan fingerprint density at radius 2 is 1.95 bits per heavy atom. The summed E-state index contributed by atoms with van der Waals surface area (Å²) in [6.07, 6.45) is 1.71. The van der Waals surface area contributed by atoms with E-state index in [1.165, 1.54) is 0 Å². The number of Topliss-reactive ketones (excluding diaryl/α,β-unsaturated/α-hetero) is 1. The molecule has 0 aliphatic heterocycles. The first-order chi connectivity index (χ1) is 9.61. The molecule has 0 N–H and O–H groups in total. The first-order valence-electron chi connectivity index (χ1n) is 6.73. The second kappa shape index (κ2) is 5.23. The number of hydrogen-bond donors (Lipinski definition) is 0. The lowest BCUT2D eigenvalue weighted by molar-refractivity contribution is 0.0934. The van der Waals surface area contributed by atoms with Gasteiger partial charge in [0, 0.05) is 27.1 Å². The molecule has 1 aliphatic carbocycles. The molecule has 0 amide bonds. The molecular weight excluding hydrogens is 291 g/mol. The predicted octanol–water partition coefficient (Wildman–Crippen LogP) is 5.43. The lowest BCUT2D eigenvalue weighted by Gasteiger charge is -2.10. The van der Waals surface area contributed by atoms with Gasteiger partial charge in [0.2, 0.25) is 0 Å². The van der Waals surface area contributed by atoms with Crippen LogP contribution in [0.2, 0.25) is 10.0 Å². The maximum absolute atomic E-state index is 12.5. The highest BCUT2D eigenvalue weighted by Crippen LogP contribution is 2.39. The Morgan fingerprint density at radius 1 is 1.15 bits per heavy atom. The van der Waals surface area contributed by atoms with Crippen molar-refractivity contribution in [2.45, 2.75) is 19.8 Å². The molecule has 0 spiro atoms. The molecule has 0 radical (unpaired) electrons. The summed E-state index contributed by atoms with van der Waals surface area (Å²) in [5.74, 6) is 0.348. The van der Waals surface area contributed by atoms with Crippen LogP contribution in [-0.4, -0.2) is 5.78 Å². The van der Waals surface area contributed by atoms with Crippen molar-refractivity contribution in [1.82, 2.24) is 0 Å². The molecule has 0 aromatic heterocycles. The number of halogens is 2. The van der Waals surface area contributed by atoms with E-state index in [9.17, 15) is 4.79 Å². The Kier molecular flexibility index (Phi) is 3.57. The van der Waals surface area contributed by atoms with Gasteiger partial charge in [0.05, 0.1) is 0 Å². The average Bonchev–Trinajstić information content (AvgIpc) is 2.76. The second-order valence-electron chi connectivity index (χ2n) is 5.14. The van der Waals surface area contributed by atoms with Crippen molar-refractivity contribution in [3.8, 4) is 11.1 Å². The van der Waals surface area contributed by atoms with E-state index in [2.05, 4.69) is 6.92 Å². The summed E-state index contributed by atoms with van der Waals surface area (Å²) in [6, 6.07) is 11.4. The highest BCUT2D eigenvalue weighted by molar-refractivity contribution is 6.36. The number of benzene rings is 2. The zero-order valence-corrected chi connectivity index (χ0v) is 12.6. The third kappa shape index (κ3) is 2.15. The van der Waals surface area contributed by atoms with Gasteiger partial charge in [-0.05, 0) is 36.1 Å². The first-order valence-corrected chi connectivity index (χ1v) is 7.49. The van der Waals surface area contributed by atoms with Gasteiger partial charge in [0.1, 0.15) is 0 Å². The van der Waals surface area contributed by atoms with Gasteiger partial charge in [0.25, 0.3) is 0 Å². The van der Waals surface area contributed by atoms with E-state index in [0.717, 1.165) is 35.1 Å². The van der Waals surface area contributed by atoms with Gasteiger partial charge >= 0.3 is 0 Å². The van der Waals surface area contributed by atoms with E-state index in [4.69, 9.17) is 23.2 Å². The van der Waals surface area contributed by atoms with Crippen molar-refractivity contribution >= 4 is 29.0 Å². The van der Waals surface area contributed by atoms with E-state index < -0.39 is 0 Å². The third-order valence-corrected chi connectivity index (χ3v) is 4.50. The number of carbonyl (C=O) groups excluding carboxylic acids is 1. The largest absolute Gasteiger partial charge is 0.294 e. The zero-order valence-electron chi connectivity index (χ0n) is 11.1. The van der Waals surface area contributed by atoms with E-state index in [-0.39, 0.29) is 11.7 Å². The lowest BCUT2D eigenvalue weighted by Crippen LogP contribution is -2.07. The monoisotopic (exact) mass is 304 g/mol. The standard InChI is InChI=1S/C17H14Cl2O/c1-2-10-8-11-4-3-5-14(16(11)17(10)20)13-7-6-12(18)9-15(13)19/h3-7,9-10H,2,8H2,1H3/t10-/m1/s1. The fourth-order valence-electron chi connectivity index (χ4n) is 2.89. The Morgan fingerprint density at radius 3 is 2.65 bits per heavy atom. The van der Waals surface area contributed by atoms with Crippen molar-refractivity contribution < 1.29 is 4.79 Å². The summed E-state index contributed by atoms with van der Waals surface area (Å²) in [4.78, 5) is 12.5. The number of hydrogen-bond acceptors (Lipinski definition) is 1. The molecule has 1 atom stereocenters. The van der Waals surface area contributed by atoms with Crippen molar-refractivity contribution in [1.29, 1.82) is 0 Å². The fraction of sp³-hybridized carbons (Fsp3) is 0.235. The van der Waals surface area contributed by atoms with Gasteiger partial charge in [-0.1, -0.05) is 54.4 Å². The molecule has 0 saturated heterocycles. The maximum Gasteiger partial charge on any atom is 0.167 e. The highest BCUT2D eigenvalue weighted by atomic mass is 35.5. The van der Waals surface area contributed by atoms with Crippen molar-refractivity contribution in [2.24, 2.45) is 5.92 Å². The summed E-state index contributed by atoms with van der Waals surface area (Å²) in [7, 11) is 0. The Hall–Kier alpha value is -1.31. The SMILES string of the molecule is CC[C@@H]1Cc2cccc(-c3ccc(Cl)cc3Cl)c2C1=O. The number of carbonyl (C=O) groups is 1. The van der Waals surface area contributed by atoms with E-state index >= 15 is 0 Å². The van der Waals surface area contributed by atoms with Crippen LogP contribution in [0.15, 0.2) is 36.4 Å². The normalized spacial score (nSPS) is 17.4. The van der Waals surface area contributed by atoms with Crippen LogP contribution in [-0.2, 0) is 6.42 Å². The molecular formula is C17H14Cl2O. The van der Waals surface area contributed by atoms with Crippen LogP contribution in [0.1, 0.15) is 29.3 Å². The van der Waals surface area contributed by atoms with Gasteiger partial charge in [-0.2, -0.15) is 0 Å². The molecule has 3 heteroatoms. The Bertz CT molecular complexity index is 691. The van der Waals surface area contributed by atoms with Crippen LogP contribution in [0.4, 0.5) is 0 Å². The number of fused-ring (bicyclic) bond motifs is 1. The average molecular weight is 305 g/mol. The minimum Gasteiger partial charge on any atom is -0.294 e. The van der Waals surface area contributed by atoms with Crippen LogP contribution in [0, 0.1) is 5.92 Å². The quantitative estimate of drug-likeness (QED) is 0.723. The minimum absolute atomic E-state index is 0.109. The molecule has 20 heavy (non-hydrogen) atoms. The summed E-state index contributed by atoms with van der Waals surface area (Å²) < 4.78 is 0. The molecule has 0 unspecified atom stereocenters. The first kappa shape index (κ1) is 13.7. The molecule has 0 heterocycles. The smallest absolute Gasteiger partial charge is 0.167 e. The van der Waals surface area contributed by atoms with Crippen LogP contribution in [0.5, 0.6) is 0 Å². The summed E-state index contributed by atoms with van der Waals surface area (Å²) in [5, 5.41) is 1.18. The predicted molar refractivity (Wildman–Crippen MR) is 83.7 cm³/mol. The van der Waals surface area contributed by atoms with Crippen LogP contribution in [0.25, 0.3) is 11.1 Å². The lowest BCUT2D eigenvalue weighted by atomic mass is 9.95. The second-order valence-corrected chi connectivity index (χ2v) is 5.98. The molecule has 0 fully saturated rings. The number of rotatable bonds is 2. The van der Waals surface area contributed by atoms with Crippen LogP contribution >= 0.6 is 23.2 Å². The van der Waals surface area contributed by atoms with E-state index in [0.29, 0.717) is 10.0 Å². The van der Waals surface area contributed by atoms with E-state index in [1.807, 2.05) is 24.3 Å². The molecule has 102 valence electrons. The molecule has 0 saturated carbocycles. The molecule has 0 bridgehead atoms. The number of ketones is 1. The van der Waals surface area contributed by atoms with Crippen LogP contribution < -0.4 is 0 Å². The summed E-state index contributed by atoms with van der Waals surface area (Å²) >= 11 is 12.2. The summed E-state index contributed by atoms with van der Waals surface area (Å²) in [6.45, 7) is 2.06. The Balaban J connectivity index is 2.18. The van der Waals surface area contributed by atoms with Crippen molar-refractivity contribution in [3.05, 3.63) is 57.6 Å². The topological polar surface area (TPSA) is 17.1 Å². The van der Waals surface area contributed by atoms with Crippen LogP contribution in [0.3, 0.4) is 0 Å². The van der Waals surface area contributed by atoms with E-state index in [1.54, 1.807) is 12.1 Å². The third-order valence-electron chi connectivity index (χ3n) is 3.95. The minimum atomic E-state index is 0.109. The molecule has 2 aromatic rings. The van der Waals surface area contributed by atoms with Crippen molar-refractivity contribution in [2.75, 3.05) is 0 Å². The van der Waals surface area contributed by atoms with Crippen molar-refractivity contribution in [3.63, 3.8) is 0 Å². The fourth-order valence-corrected chi connectivity index (χ4v) is 3.40. The molecule has 1 aliphatic rings. The highest BCUT2D eigenvalue weighted by Gasteiger charge is 2.31. The molecule has 2 aromatic carbocycles.